The van der Waals surface area contributed by atoms with E-state index in [2.05, 4.69) is 26.6 Å². The number of hydrogen-bond donors (Lipinski definition) is 8. The lowest BCUT2D eigenvalue weighted by Crippen LogP contribution is -2.60. The lowest BCUT2D eigenvalue weighted by Gasteiger charge is -2.32. The number of carbonyl (C=O) groups is 9. The molecule has 8 amide bonds. The predicted octanol–water partition coefficient (Wildman–Crippen LogP) is -0.113. The van der Waals surface area contributed by atoms with Gasteiger partial charge in [-0.05, 0) is 62.0 Å². The molecule has 19 nitrogen and oxygen atoms in total. The summed E-state index contributed by atoms with van der Waals surface area (Å²) in [6.45, 7) is 8.78. The zero-order valence-electron chi connectivity index (χ0n) is 37.8. The summed E-state index contributed by atoms with van der Waals surface area (Å²) in [5.41, 5.74) is 12.8. The number of aliphatic carboxylic acids is 1. The van der Waals surface area contributed by atoms with Gasteiger partial charge in [-0.3, -0.25) is 38.4 Å². The van der Waals surface area contributed by atoms with Gasteiger partial charge < -0.3 is 53.0 Å². The minimum Gasteiger partial charge on any atom is -0.480 e. The number of carbonyl (C=O) groups excluding carboxylic acids is 8. The van der Waals surface area contributed by atoms with Crippen molar-refractivity contribution >= 4 is 53.2 Å². The maximum Gasteiger partial charge on any atom is 0.326 e. The molecule has 2 fully saturated rings. The molecule has 10 N–H and O–H groups in total. The molecule has 8 atom stereocenters. The Balaban J connectivity index is 1.50. The van der Waals surface area contributed by atoms with Gasteiger partial charge >= 0.3 is 5.97 Å². The van der Waals surface area contributed by atoms with Gasteiger partial charge in [-0.25, -0.2) is 4.79 Å². The van der Waals surface area contributed by atoms with E-state index in [0.29, 0.717) is 30.4 Å². The van der Waals surface area contributed by atoms with Crippen LogP contribution < -0.4 is 38.1 Å². The number of nitrogens with two attached hydrogens (primary N) is 2. The first-order valence-corrected chi connectivity index (χ1v) is 22.3. The average Bonchev–Trinajstić information content (AvgIpc) is 3.97. The number of nitrogens with one attached hydrogen (secondary N) is 5. The summed E-state index contributed by atoms with van der Waals surface area (Å²) in [7, 11) is 0. The second kappa shape index (κ2) is 24.1. The number of hydrogen-bond acceptors (Lipinski definition) is 10. The minimum atomic E-state index is -1.39. The van der Waals surface area contributed by atoms with E-state index >= 15 is 0 Å². The molecule has 0 radical (unpaired) electrons. The normalized spacial score (nSPS) is 18.7. The zero-order valence-corrected chi connectivity index (χ0v) is 37.8. The Labute approximate surface area is 379 Å². The van der Waals surface area contributed by atoms with Crippen LogP contribution >= 0.6 is 0 Å². The van der Waals surface area contributed by atoms with Crippen molar-refractivity contribution in [3.8, 4) is 0 Å². The largest absolute Gasteiger partial charge is 0.480 e. The van der Waals surface area contributed by atoms with E-state index in [1.807, 2.05) is 0 Å². The van der Waals surface area contributed by atoms with Crippen LogP contribution in [0.1, 0.15) is 84.3 Å². The molecule has 4 rings (SSSR count). The molecule has 0 bridgehead atoms. The Morgan fingerprint density at radius 1 is 0.615 bits per heavy atom. The Morgan fingerprint density at radius 2 is 1.11 bits per heavy atom. The molecule has 0 aromatic heterocycles. The summed E-state index contributed by atoms with van der Waals surface area (Å²) >= 11 is 0. The van der Waals surface area contributed by atoms with E-state index in [4.69, 9.17) is 11.5 Å². The van der Waals surface area contributed by atoms with E-state index in [-0.39, 0.29) is 51.1 Å². The number of carboxylic acid groups (broad SMARTS) is 1. The van der Waals surface area contributed by atoms with Gasteiger partial charge in [-0.15, -0.1) is 0 Å². The number of carboxylic acids is 1. The van der Waals surface area contributed by atoms with Gasteiger partial charge in [0.05, 0.1) is 6.04 Å². The molecular weight excluding hydrogens is 839 g/mol. The molecule has 2 heterocycles. The number of amides is 8. The van der Waals surface area contributed by atoms with Crippen LogP contribution in [0.2, 0.25) is 0 Å². The Kier molecular flexibility index (Phi) is 19.0. The van der Waals surface area contributed by atoms with Crippen LogP contribution in [0.4, 0.5) is 0 Å². The molecular formula is C46H65N9O10. The van der Waals surface area contributed by atoms with Gasteiger partial charge in [-0.1, -0.05) is 88.4 Å². The van der Waals surface area contributed by atoms with Crippen molar-refractivity contribution in [3.05, 3.63) is 71.8 Å². The van der Waals surface area contributed by atoms with Crippen LogP contribution in [0.15, 0.2) is 60.7 Å². The molecule has 2 aliphatic rings. The van der Waals surface area contributed by atoms with E-state index in [0.717, 1.165) is 0 Å². The third-order valence-corrected chi connectivity index (χ3v) is 11.8. The highest BCUT2D eigenvalue weighted by Gasteiger charge is 2.42. The molecule has 2 saturated heterocycles. The standard InChI is InChI=1S/C46H65N9O10/c1-26(2)37(48)42(60)49-28(5)44(62)54-22-12-18-34(54)41(59)51-32(24-29-14-8-6-9-15-29)45(63)55-23-13-19-35(55)40(58)50-31(20-21-36(47)56)39(57)53-38(27(3)4)43(61)52-33(46(64)65)25-30-16-10-7-11-17-30/h6-11,14-17,26-28,31-35,37-38H,12-13,18-25,48H2,1-5H3,(H2,47,56)(H,49,60)(H,50,58)(H,51,59)(H,52,61)(H,53,57)(H,64,65)/t28-,31-,32-,33-,34-,35-,37-,38-/m0/s1. The van der Waals surface area contributed by atoms with Crippen molar-refractivity contribution in [2.75, 3.05) is 13.1 Å². The van der Waals surface area contributed by atoms with E-state index in [1.165, 1.54) is 16.7 Å². The Morgan fingerprint density at radius 3 is 1.58 bits per heavy atom. The zero-order chi connectivity index (χ0) is 48.0. The third-order valence-electron chi connectivity index (χ3n) is 11.8. The first-order chi connectivity index (χ1) is 30.8. The lowest BCUT2D eigenvalue weighted by atomic mass is 10.00. The number of benzene rings is 2. The van der Waals surface area contributed by atoms with Gasteiger partial charge in [0.15, 0.2) is 0 Å². The first kappa shape index (κ1) is 51.3. The minimum absolute atomic E-state index is 0.0159. The third kappa shape index (κ3) is 14.6. The molecule has 2 aromatic rings. The van der Waals surface area contributed by atoms with Crippen LogP contribution in [0.3, 0.4) is 0 Å². The van der Waals surface area contributed by atoms with Gasteiger partial charge in [0, 0.05) is 32.4 Å². The Hall–Kier alpha value is -6.37. The average molecular weight is 904 g/mol. The van der Waals surface area contributed by atoms with Crippen molar-refractivity contribution in [1.29, 1.82) is 0 Å². The fourth-order valence-corrected chi connectivity index (χ4v) is 7.97. The predicted molar refractivity (Wildman–Crippen MR) is 239 cm³/mol. The summed E-state index contributed by atoms with van der Waals surface area (Å²) in [5.74, 6) is -7.18. The highest BCUT2D eigenvalue weighted by atomic mass is 16.4. The molecule has 65 heavy (non-hydrogen) atoms. The molecule has 0 aliphatic carbocycles. The van der Waals surface area contributed by atoms with Crippen molar-refractivity contribution in [2.24, 2.45) is 23.3 Å². The van der Waals surface area contributed by atoms with Gasteiger partial charge in [0.1, 0.15) is 42.3 Å². The lowest BCUT2D eigenvalue weighted by molar-refractivity contribution is -0.144. The quantitative estimate of drug-likeness (QED) is 0.0771. The number of rotatable bonds is 22. The van der Waals surface area contributed by atoms with Crippen LogP contribution in [0, 0.1) is 11.8 Å². The summed E-state index contributed by atoms with van der Waals surface area (Å²) in [6, 6.07) is 8.69. The maximum absolute atomic E-state index is 14.5. The first-order valence-electron chi connectivity index (χ1n) is 22.3. The molecule has 354 valence electrons. The van der Waals surface area contributed by atoms with Crippen LogP contribution in [-0.2, 0) is 56.0 Å². The van der Waals surface area contributed by atoms with Crippen molar-refractivity contribution in [1.82, 2.24) is 36.4 Å². The second-order valence-electron chi connectivity index (χ2n) is 17.5. The van der Waals surface area contributed by atoms with Crippen LogP contribution in [0.5, 0.6) is 0 Å². The molecule has 2 aromatic carbocycles. The topological polar surface area (TPSA) is 293 Å². The molecule has 0 spiro atoms. The van der Waals surface area contributed by atoms with E-state index < -0.39 is 107 Å². The second-order valence-corrected chi connectivity index (χ2v) is 17.5. The van der Waals surface area contributed by atoms with Crippen molar-refractivity contribution in [2.45, 2.75) is 134 Å². The molecule has 0 saturated carbocycles. The number of likely N-dealkylation sites (tertiary alicyclic amines) is 2. The van der Waals surface area contributed by atoms with Crippen LogP contribution in [0.25, 0.3) is 0 Å². The number of primary amides is 1. The summed E-state index contributed by atoms with van der Waals surface area (Å²) in [4.78, 5) is 123. The van der Waals surface area contributed by atoms with E-state index in [9.17, 15) is 48.3 Å². The summed E-state index contributed by atoms with van der Waals surface area (Å²) in [6.07, 6.45) is 0.903. The molecule has 0 unspecified atom stereocenters. The highest BCUT2D eigenvalue weighted by Crippen LogP contribution is 2.23. The maximum atomic E-state index is 14.5. The highest BCUT2D eigenvalue weighted by molar-refractivity contribution is 5.98. The monoisotopic (exact) mass is 903 g/mol. The fraction of sp³-hybridized carbons (Fsp3) is 0.543. The van der Waals surface area contributed by atoms with Crippen molar-refractivity contribution in [3.63, 3.8) is 0 Å². The smallest absolute Gasteiger partial charge is 0.326 e. The fourth-order valence-electron chi connectivity index (χ4n) is 7.97. The van der Waals surface area contributed by atoms with Crippen molar-refractivity contribution < 1.29 is 48.3 Å². The van der Waals surface area contributed by atoms with Gasteiger partial charge in [0.25, 0.3) is 0 Å². The Bertz CT molecular complexity index is 2020. The van der Waals surface area contributed by atoms with Gasteiger partial charge in [0.2, 0.25) is 47.3 Å². The van der Waals surface area contributed by atoms with E-state index in [1.54, 1.807) is 88.4 Å². The summed E-state index contributed by atoms with van der Waals surface area (Å²) in [5, 5.41) is 23.2. The summed E-state index contributed by atoms with van der Waals surface area (Å²) < 4.78 is 0. The molecule has 19 heteroatoms. The van der Waals surface area contributed by atoms with Gasteiger partial charge in [-0.2, -0.15) is 0 Å². The number of nitrogens with zero attached hydrogens (tertiary/aromatic N) is 2. The molecule has 2 aliphatic heterocycles. The van der Waals surface area contributed by atoms with Crippen LogP contribution in [-0.4, -0.2) is 130 Å². The SMILES string of the molecule is CC(C)[C@H](N)C(=O)N[C@@H](C)C(=O)N1CCC[C@H]1C(=O)N[C@@H](Cc1ccccc1)C(=O)N1CCC[C@H]1C(=O)N[C@@H](CCC(N)=O)C(=O)N[C@H](C(=O)N[C@@H](Cc1ccccc1)C(=O)O)C(C)C.